The summed E-state index contributed by atoms with van der Waals surface area (Å²) in [6.07, 6.45) is 3.60. The maximum absolute atomic E-state index is 12.1. The minimum absolute atomic E-state index is 0.0932. The lowest BCUT2D eigenvalue weighted by atomic mass is 10.2. The number of rotatable bonds is 3. The van der Waals surface area contributed by atoms with Crippen LogP contribution in [0.3, 0.4) is 0 Å². The number of aromatic nitrogens is 2. The highest BCUT2D eigenvalue weighted by molar-refractivity contribution is 5.94. The average molecular weight is 245 g/mol. The molecule has 18 heavy (non-hydrogen) atoms. The zero-order valence-corrected chi connectivity index (χ0v) is 10.4. The molecule has 0 radical (unpaired) electrons. The molecular formula is C13H15N3O2. The molecule has 0 fully saturated rings. The molecule has 1 aromatic heterocycles. The van der Waals surface area contributed by atoms with Crippen molar-refractivity contribution in [1.82, 2.24) is 14.7 Å². The van der Waals surface area contributed by atoms with Crippen molar-refractivity contribution in [2.45, 2.75) is 6.54 Å². The largest absolute Gasteiger partial charge is 0.508 e. The highest BCUT2D eigenvalue weighted by atomic mass is 16.3. The molecule has 2 rings (SSSR count). The summed E-state index contributed by atoms with van der Waals surface area (Å²) >= 11 is 0. The van der Waals surface area contributed by atoms with Crippen molar-refractivity contribution in [3.05, 3.63) is 47.8 Å². The lowest BCUT2D eigenvalue weighted by Gasteiger charge is -2.16. The topological polar surface area (TPSA) is 58.4 Å². The van der Waals surface area contributed by atoms with Gasteiger partial charge in [0.1, 0.15) is 5.75 Å². The summed E-state index contributed by atoms with van der Waals surface area (Å²) in [5, 5.41) is 13.4. The molecule has 0 spiro atoms. The van der Waals surface area contributed by atoms with E-state index in [-0.39, 0.29) is 11.7 Å². The van der Waals surface area contributed by atoms with Gasteiger partial charge < -0.3 is 10.0 Å². The van der Waals surface area contributed by atoms with Gasteiger partial charge in [0.15, 0.2) is 0 Å². The van der Waals surface area contributed by atoms with E-state index in [4.69, 9.17) is 0 Å². The van der Waals surface area contributed by atoms with E-state index in [9.17, 15) is 9.90 Å². The van der Waals surface area contributed by atoms with Gasteiger partial charge in [-0.1, -0.05) is 6.07 Å². The van der Waals surface area contributed by atoms with Gasteiger partial charge in [-0.25, -0.2) is 0 Å². The lowest BCUT2D eigenvalue weighted by molar-refractivity contribution is 0.0784. The van der Waals surface area contributed by atoms with Gasteiger partial charge in [0, 0.05) is 38.0 Å². The molecule has 5 nitrogen and oxygen atoms in total. The number of aromatic hydroxyl groups is 1. The summed E-state index contributed by atoms with van der Waals surface area (Å²) in [7, 11) is 3.56. The third-order valence-corrected chi connectivity index (χ3v) is 2.62. The van der Waals surface area contributed by atoms with Crippen LogP contribution in [0.4, 0.5) is 0 Å². The Labute approximate surface area is 105 Å². The van der Waals surface area contributed by atoms with Crippen LogP contribution in [-0.2, 0) is 13.6 Å². The Morgan fingerprint density at radius 2 is 2.28 bits per heavy atom. The Bertz CT molecular complexity index is 563. The van der Waals surface area contributed by atoms with Gasteiger partial charge in [-0.15, -0.1) is 0 Å². The Hall–Kier alpha value is -2.30. The van der Waals surface area contributed by atoms with Crippen LogP contribution in [-0.4, -0.2) is 32.7 Å². The maximum atomic E-state index is 12.1. The van der Waals surface area contributed by atoms with Crippen LogP contribution in [0.25, 0.3) is 0 Å². The van der Waals surface area contributed by atoms with Gasteiger partial charge in [-0.2, -0.15) is 5.10 Å². The predicted octanol–water partition coefficient (Wildman–Crippen LogP) is 1.40. The first-order valence-electron chi connectivity index (χ1n) is 5.58. The molecule has 1 amide bonds. The molecular weight excluding hydrogens is 230 g/mol. The number of amides is 1. The van der Waals surface area contributed by atoms with Crippen LogP contribution >= 0.6 is 0 Å². The molecule has 5 heteroatoms. The summed E-state index contributed by atoms with van der Waals surface area (Å²) < 4.78 is 1.70. The van der Waals surface area contributed by atoms with E-state index >= 15 is 0 Å². The van der Waals surface area contributed by atoms with Crippen molar-refractivity contribution in [2.24, 2.45) is 7.05 Å². The van der Waals surface area contributed by atoms with Crippen LogP contribution in [0.1, 0.15) is 15.9 Å². The molecule has 0 aliphatic heterocycles. The van der Waals surface area contributed by atoms with E-state index < -0.39 is 0 Å². The lowest BCUT2D eigenvalue weighted by Crippen LogP contribution is -2.25. The SMILES string of the molecule is CN(Cc1cnn(C)c1)C(=O)c1cccc(O)c1. The first-order chi connectivity index (χ1) is 8.56. The standard InChI is InChI=1S/C13H15N3O2/c1-15(8-10-7-14-16(2)9-10)13(18)11-4-3-5-12(17)6-11/h3-7,9,17H,8H2,1-2H3. The second-order valence-electron chi connectivity index (χ2n) is 4.23. The fourth-order valence-corrected chi connectivity index (χ4v) is 1.76. The number of benzene rings is 1. The number of phenols is 1. The van der Waals surface area contributed by atoms with Gasteiger partial charge in [-0.05, 0) is 18.2 Å². The maximum Gasteiger partial charge on any atom is 0.254 e. The predicted molar refractivity (Wildman–Crippen MR) is 67.1 cm³/mol. The van der Waals surface area contributed by atoms with Crippen molar-refractivity contribution in [2.75, 3.05) is 7.05 Å². The Morgan fingerprint density at radius 1 is 1.50 bits per heavy atom. The van der Waals surface area contributed by atoms with Crippen LogP contribution < -0.4 is 0 Å². The highest BCUT2D eigenvalue weighted by Gasteiger charge is 2.12. The van der Waals surface area contributed by atoms with Crippen molar-refractivity contribution in [3.63, 3.8) is 0 Å². The number of carbonyl (C=O) groups excluding carboxylic acids is 1. The number of carbonyl (C=O) groups is 1. The second-order valence-corrected chi connectivity index (χ2v) is 4.23. The van der Waals surface area contributed by atoms with Crippen molar-refractivity contribution < 1.29 is 9.90 Å². The number of hydrogen-bond acceptors (Lipinski definition) is 3. The van der Waals surface area contributed by atoms with Crippen molar-refractivity contribution in [1.29, 1.82) is 0 Å². The van der Waals surface area contributed by atoms with Gasteiger partial charge in [0.2, 0.25) is 0 Å². The smallest absolute Gasteiger partial charge is 0.254 e. The number of hydrogen-bond donors (Lipinski definition) is 1. The number of aryl methyl sites for hydroxylation is 1. The normalized spacial score (nSPS) is 10.3. The van der Waals surface area contributed by atoms with Gasteiger partial charge in [0.25, 0.3) is 5.91 Å². The third-order valence-electron chi connectivity index (χ3n) is 2.62. The molecule has 0 unspecified atom stereocenters. The van der Waals surface area contributed by atoms with E-state index in [0.717, 1.165) is 5.56 Å². The minimum atomic E-state index is -0.130. The van der Waals surface area contributed by atoms with Crippen LogP contribution in [0.2, 0.25) is 0 Å². The highest BCUT2D eigenvalue weighted by Crippen LogP contribution is 2.13. The quantitative estimate of drug-likeness (QED) is 0.889. The Kier molecular flexibility index (Phi) is 3.32. The Morgan fingerprint density at radius 3 is 2.89 bits per heavy atom. The van der Waals surface area contributed by atoms with Crippen LogP contribution in [0.15, 0.2) is 36.7 Å². The molecule has 0 aliphatic rings. The van der Waals surface area contributed by atoms with Crippen LogP contribution in [0, 0.1) is 0 Å². The van der Waals surface area contributed by atoms with Gasteiger partial charge in [-0.3, -0.25) is 9.48 Å². The summed E-state index contributed by atoms with van der Waals surface area (Å²) in [5.74, 6) is -0.0367. The van der Waals surface area contributed by atoms with E-state index in [1.165, 1.54) is 12.1 Å². The van der Waals surface area contributed by atoms with E-state index in [2.05, 4.69) is 5.10 Å². The zero-order valence-electron chi connectivity index (χ0n) is 10.4. The molecule has 1 heterocycles. The zero-order chi connectivity index (χ0) is 13.1. The second kappa shape index (κ2) is 4.91. The molecule has 0 saturated carbocycles. The molecule has 2 aromatic rings. The summed E-state index contributed by atoms with van der Waals surface area (Å²) in [6.45, 7) is 0.488. The molecule has 0 saturated heterocycles. The molecule has 94 valence electrons. The summed E-state index contributed by atoms with van der Waals surface area (Å²) in [4.78, 5) is 13.7. The van der Waals surface area contributed by atoms with Gasteiger partial charge >= 0.3 is 0 Å². The van der Waals surface area contributed by atoms with E-state index in [1.54, 1.807) is 35.0 Å². The summed E-state index contributed by atoms with van der Waals surface area (Å²) in [5.41, 5.74) is 1.44. The average Bonchev–Trinajstić information content (AvgIpc) is 2.73. The molecule has 0 aliphatic carbocycles. The molecule has 1 aromatic carbocycles. The van der Waals surface area contributed by atoms with Crippen molar-refractivity contribution in [3.8, 4) is 5.75 Å². The van der Waals surface area contributed by atoms with Crippen LogP contribution in [0.5, 0.6) is 5.75 Å². The number of phenolic OH excluding ortho intramolecular Hbond substituents is 1. The van der Waals surface area contributed by atoms with E-state index in [0.29, 0.717) is 12.1 Å². The minimum Gasteiger partial charge on any atom is -0.508 e. The van der Waals surface area contributed by atoms with Crippen molar-refractivity contribution >= 4 is 5.91 Å². The third kappa shape index (κ3) is 2.68. The van der Waals surface area contributed by atoms with E-state index in [1.807, 2.05) is 13.2 Å². The fourth-order valence-electron chi connectivity index (χ4n) is 1.76. The molecule has 1 N–H and O–H groups in total. The first-order valence-corrected chi connectivity index (χ1v) is 5.58. The number of nitrogens with zero attached hydrogens (tertiary/aromatic N) is 3. The molecule has 0 bridgehead atoms. The first kappa shape index (κ1) is 12.2. The molecule has 0 atom stereocenters. The monoisotopic (exact) mass is 245 g/mol. The van der Waals surface area contributed by atoms with Gasteiger partial charge in [0.05, 0.1) is 6.20 Å². The summed E-state index contributed by atoms with van der Waals surface area (Å²) in [6, 6.07) is 6.34. The Balaban J connectivity index is 2.09. The fraction of sp³-hybridized carbons (Fsp3) is 0.231.